The molecule has 0 aliphatic carbocycles. The molecular weight excluding hydrogens is 375 g/mol. The molecule has 2 aromatic heterocycles. The first-order valence-electron chi connectivity index (χ1n) is 8.23. The van der Waals surface area contributed by atoms with E-state index in [-0.39, 0.29) is 5.75 Å². The van der Waals surface area contributed by atoms with Crippen LogP contribution in [0.1, 0.15) is 11.7 Å². The second kappa shape index (κ2) is 7.28. The number of aromatic amines is 1. The topological polar surface area (TPSA) is 68.4 Å². The zero-order valence-electron chi connectivity index (χ0n) is 14.2. The Morgan fingerprint density at radius 2 is 1.79 bits per heavy atom. The second-order valence-electron chi connectivity index (χ2n) is 5.85. The van der Waals surface area contributed by atoms with Gasteiger partial charge in [-0.1, -0.05) is 12.1 Å². The van der Waals surface area contributed by atoms with Gasteiger partial charge in [0.2, 0.25) is 5.88 Å². The Labute approximate surface area is 157 Å². The molecule has 0 bridgehead atoms. The van der Waals surface area contributed by atoms with Crippen molar-refractivity contribution in [3.05, 3.63) is 78.4 Å². The lowest BCUT2D eigenvalue weighted by molar-refractivity contribution is -0.274. The van der Waals surface area contributed by atoms with Gasteiger partial charge in [-0.2, -0.15) is 0 Å². The number of benzene rings is 1. The van der Waals surface area contributed by atoms with Gasteiger partial charge in [0.1, 0.15) is 17.6 Å². The predicted molar refractivity (Wildman–Crippen MR) is 92.8 cm³/mol. The summed E-state index contributed by atoms with van der Waals surface area (Å²) in [6.07, 6.45) is -0.180. The van der Waals surface area contributed by atoms with E-state index >= 15 is 0 Å². The summed E-state index contributed by atoms with van der Waals surface area (Å²) in [5.74, 6) is 0.568. The number of hydrogen-bond donors (Lipinski definition) is 2. The maximum atomic E-state index is 12.2. The van der Waals surface area contributed by atoms with E-state index in [0.717, 1.165) is 11.4 Å². The zero-order chi connectivity index (χ0) is 19.6. The average molecular weight is 389 g/mol. The zero-order valence-corrected chi connectivity index (χ0v) is 14.2. The summed E-state index contributed by atoms with van der Waals surface area (Å²) in [4.78, 5) is 12.8. The quantitative estimate of drug-likeness (QED) is 0.674. The number of hydroxylamine groups is 1. The normalized spacial score (nSPS) is 16.4. The van der Waals surface area contributed by atoms with Crippen LogP contribution in [0.3, 0.4) is 0 Å². The van der Waals surface area contributed by atoms with E-state index in [0.29, 0.717) is 17.2 Å². The molecule has 0 saturated carbocycles. The Kier molecular flexibility index (Phi) is 4.66. The molecule has 1 atom stereocenters. The summed E-state index contributed by atoms with van der Waals surface area (Å²) in [5.41, 5.74) is 4.96. The summed E-state index contributed by atoms with van der Waals surface area (Å²) in [7, 11) is 0. The number of aromatic nitrogens is 2. The minimum absolute atomic E-state index is 0.295. The van der Waals surface area contributed by atoms with Crippen LogP contribution in [0.2, 0.25) is 0 Å². The van der Waals surface area contributed by atoms with E-state index in [1.165, 1.54) is 24.3 Å². The molecule has 9 heteroatoms. The molecule has 28 heavy (non-hydrogen) atoms. The van der Waals surface area contributed by atoms with Crippen molar-refractivity contribution in [2.75, 3.05) is 0 Å². The fourth-order valence-corrected chi connectivity index (χ4v) is 2.62. The molecule has 0 radical (unpaired) electrons. The molecule has 1 aliphatic heterocycles. The van der Waals surface area contributed by atoms with Crippen LogP contribution in [0.5, 0.6) is 11.5 Å². The van der Waals surface area contributed by atoms with Crippen molar-refractivity contribution in [3.8, 4) is 22.9 Å². The summed E-state index contributed by atoms with van der Waals surface area (Å²) < 4.78 is 46.2. The SMILES string of the molecule is FC(F)(F)Oc1ccc(C2C=C(Oc3ccc(-c4ccc[nH]4)nc3)NO2)cc1. The number of ether oxygens (including phenoxy) is 2. The van der Waals surface area contributed by atoms with Gasteiger partial charge in [-0.3, -0.25) is 9.82 Å². The molecular formula is C19H14F3N3O3. The monoisotopic (exact) mass is 389 g/mol. The van der Waals surface area contributed by atoms with Crippen LogP contribution in [0.4, 0.5) is 13.2 Å². The van der Waals surface area contributed by atoms with Crippen LogP contribution < -0.4 is 15.0 Å². The van der Waals surface area contributed by atoms with Crippen LogP contribution >= 0.6 is 0 Å². The lowest BCUT2D eigenvalue weighted by atomic mass is 10.1. The summed E-state index contributed by atoms with van der Waals surface area (Å²) in [6.45, 7) is 0. The summed E-state index contributed by atoms with van der Waals surface area (Å²) in [5, 5.41) is 0. The summed E-state index contributed by atoms with van der Waals surface area (Å²) in [6, 6.07) is 12.8. The highest BCUT2D eigenvalue weighted by Crippen LogP contribution is 2.29. The standard InChI is InChI=1S/C19H14F3N3O3/c20-19(21,22)27-13-5-3-12(4-6-13)17-10-18(25-28-17)26-14-7-8-16(24-11-14)15-2-1-9-23-15/h1-11,17,23,25H. The maximum Gasteiger partial charge on any atom is 0.573 e. The molecule has 0 fully saturated rings. The van der Waals surface area contributed by atoms with Crippen molar-refractivity contribution in [1.29, 1.82) is 0 Å². The molecule has 6 nitrogen and oxygen atoms in total. The third kappa shape index (κ3) is 4.26. The lowest BCUT2D eigenvalue weighted by Gasteiger charge is -2.11. The van der Waals surface area contributed by atoms with Crippen LogP contribution in [-0.4, -0.2) is 16.3 Å². The first-order chi connectivity index (χ1) is 13.5. The minimum Gasteiger partial charge on any atom is -0.438 e. The van der Waals surface area contributed by atoms with Gasteiger partial charge in [0.15, 0.2) is 0 Å². The maximum absolute atomic E-state index is 12.2. The molecule has 144 valence electrons. The highest BCUT2D eigenvalue weighted by molar-refractivity contribution is 5.54. The first kappa shape index (κ1) is 17.9. The number of nitrogens with zero attached hydrogens (tertiary/aromatic N) is 1. The van der Waals surface area contributed by atoms with Gasteiger partial charge in [-0.15, -0.1) is 13.2 Å². The third-order valence-corrected chi connectivity index (χ3v) is 3.87. The van der Waals surface area contributed by atoms with Gasteiger partial charge in [0.25, 0.3) is 0 Å². The number of hydrogen-bond acceptors (Lipinski definition) is 5. The van der Waals surface area contributed by atoms with Gasteiger partial charge in [0.05, 0.1) is 17.6 Å². The highest BCUT2D eigenvalue weighted by Gasteiger charge is 2.31. The van der Waals surface area contributed by atoms with E-state index in [4.69, 9.17) is 9.57 Å². The Morgan fingerprint density at radius 1 is 1.00 bits per heavy atom. The molecule has 3 aromatic rings. The minimum atomic E-state index is -4.72. The van der Waals surface area contributed by atoms with E-state index in [9.17, 15) is 13.2 Å². The smallest absolute Gasteiger partial charge is 0.438 e. The van der Waals surface area contributed by atoms with Crippen LogP contribution in [0.15, 0.2) is 72.9 Å². The number of nitrogens with one attached hydrogen (secondary N) is 2. The fourth-order valence-electron chi connectivity index (χ4n) is 2.62. The van der Waals surface area contributed by atoms with Crippen molar-refractivity contribution < 1.29 is 27.5 Å². The van der Waals surface area contributed by atoms with Gasteiger partial charge >= 0.3 is 6.36 Å². The molecule has 1 unspecified atom stereocenters. The summed E-state index contributed by atoms with van der Waals surface area (Å²) >= 11 is 0. The van der Waals surface area contributed by atoms with Gasteiger partial charge in [-0.25, -0.2) is 5.48 Å². The van der Waals surface area contributed by atoms with E-state index < -0.39 is 12.5 Å². The van der Waals surface area contributed by atoms with Crippen LogP contribution in [0, 0.1) is 0 Å². The number of alkyl halides is 3. The Hall–Kier alpha value is -3.46. The van der Waals surface area contributed by atoms with E-state index in [2.05, 4.69) is 20.2 Å². The van der Waals surface area contributed by atoms with Crippen LogP contribution in [0.25, 0.3) is 11.4 Å². The molecule has 1 aliphatic rings. The Morgan fingerprint density at radius 3 is 2.43 bits per heavy atom. The van der Waals surface area contributed by atoms with Gasteiger partial charge in [0, 0.05) is 12.3 Å². The molecule has 3 heterocycles. The molecule has 1 aromatic carbocycles. The molecule has 4 rings (SSSR count). The Balaban J connectivity index is 1.40. The van der Waals surface area contributed by atoms with Crippen molar-refractivity contribution in [3.63, 3.8) is 0 Å². The van der Waals surface area contributed by atoms with E-state index in [1.54, 1.807) is 18.3 Å². The molecule has 0 spiro atoms. The van der Waals surface area contributed by atoms with Crippen LogP contribution in [-0.2, 0) is 4.84 Å². The highest BCUT2D eigenvalue weighted by atomic mass is 19.4. The number of H-pyrrole nitrogens is 1. The van der Waals surface area contributed by atoms with Crippen molar-refractivity contribution in [1.82, 2.24) is 15.4 Å². The molecule has 0 amide bonds. The number of pyridine rings is 1. The number of halogens is 3. The molecule has 0 saturated heterocycles. The number of rotatable bonds is 5. The second-order valence-corrected chi connectivity index (χ2v) is 5.85. The van der Waals surface area contributed by atoms with Crippen molar-refractivity contribution in [2.24, 2.45) is 0 Å². The average Bonchev–Trinajstić information content (AvgIpc) is 3.34. The van der Waals surface area contributed by atoms with Crippen molar-refractivity contribution in [2.45, 2.75) is 12.5 Å². The molecule has 2 N–H and O–H groups in total. The largest absolute Gasteiger partial charge is 0.573 e. The van der Waals surface area contributed by atoms with E-state index in [1.807, 2.05) is 24.4 Å². The van der Waals surface area contributed by atoms with Gasteiger partial charge < -0.3 is 14.5 Å². The first-order valence-corrected chi connectivity index (χ1v) is 8.23. The van der Waals surface area contributed by atoms with Crippen molar-refractivity contribution >= 4 is 0 Å². The van der Waals surface area contributed by atoms with Gasteiger partial charge in [-0.05, 0) is 42.0 Å². The Bertz CT molecular complexity index is 953. The third-order valence-electron chi connectivity index (χ3n) is 3.87. The predicted octanol–water partition coefficient (Wildman–Crippen LogP) is 4.47. The fraction of sp³-hybridized carbons (Fsp3) is 0.105. The lowest BCUT2D eigenvalue weighted by Crippen LogP contribution is -2.17.